The van der Waals surface area contributed by atoms with Crippen molar-refractivity contribution in [1.29, 1.82) is 0 Å². The number of amides is 1. The van der Waals surface area contributed by atoms with Gasteiger partial charge < -0.3 is 16.2 Å². The Kier molecular flexibility index (Phi) is 4.25. The number of hydrogen-bond acceptors (Lipinski definition) is 4. The number of nitrogens with zero attached hydrogens (tertiary/aromatic N) is 1. The van der Waals surface area contributed by atoms with Crippen LogP contribution in [0.2, 0.25) is 0 Å². The molecule has 98 valence electrons. The number of nitrogens with one attached hydrogen (secondary N) is 1. The second-order valence-electron chi connectivity index (χ2n) is 4.02. The molecule has 6 nitrogen and oxygen atoms in total. The lowest BCUT2D eigenvalue weighted by atomic mass is 9.93. The van der Waals surface area contributed by atoms with Gasteiger partial charge in [0.15, 0.2) is 0 Å². The zero-order valence-electron chi connectivity index (χ0n) is 10.4. The lowest BCUT2D eigenvalue weighted by Crippen LogP contribution is -2.45. The highest BCUT2D eigenvalue weighted by Crippen LogP contribution is 2.21. The Bertz CT molecular complexity index is 438. The third kappa shape index (κ3) is 2.77. The van der Waals surface area contributed by atoms with Crippen molar-refractivity contribution in [3.63, 3.8) is 0 Å². The van der Waals surface area contributed by atoms with Crippen molar-refractivity contribution < 1.29 is 14.7 Å². The topological polar surface area (TPSA) is 105 Å². The number of carbonyl (C=O) groups excluding carboxylic acids is 1. The number of pyridine rings is 1. The molecule has 0 atom stereocenters. The van der Waals surface area contributed by atoms with Gasteiger partial charge in [0.1, 0.15) is 11.4 Å². The largest absolute Gasteiger partial charge is 0.480 e. The highest BCUT2D eigenvalue weighted by molar-refractivity contribution is 5.92. The molecule has 0 aromatic carbocycles. The van der Waals surface area contributed by atoms with Gasteiger partial charge in [-0.2, -0.15) is 0 Å². The van der Waals surface area contributed by atoms with Crippen LogP contribution in [0, 0.1) is 0 Å². The number of hydrogen-bond donors (Lipinski definition) is 3. The van der Waals surface area contributed by atoms with Gasteiger partial charge in [-0.15, -0.1) is 0 Å². The fourth-order valence-corrected chi connectivity index (χ4v) is 1.64. The number of aromatic nitrogens is 1. The first kappa shape index (κ1) is 14.0. The number of rotatable bonds is 6. The average Bonchev–Trinajstić information content (AvgIpc) is 2.36. The molecule has 18 heavy (non-hydrogen) atoms. The second kappa shape index (κ2) is 5.48. The van der Waals surface area contributed by atoms with E-state index >= 15 is 0 Å². The standard InChI is InChI=1S/C12H17N3O3/c1-3-12(4-2,11(17)18)15-9-6-5-8(7-14-9)10(13)16/h5-7H,3-4H2,1-2H3,(H2,13,16)(H,14,15)(H,17,18). The van der Waals surface area contributed by atoms with Crippen LogP contribution in [0.5, 0.6) is 0 Å². The number of carboxylic acids is 1. The van der Waals surface area contributed by atoms with Crippen LogP contribution >= 0.6 is 0 Å². The van der Waals surface area contributed by atoms with Gasteiger partial charge in [-0.3, -0.25) is 4.79 Å². The molecule has 1 rings (SSSR count). The Hall–Kier alpha value is -2.11. The van der Waals surface area contributed by atoms with Crippen molar-refractivity contribution >= 4 is 17.7 Å². The molecule has 0 bridgehead atoms. The Labute approximate surface area is 105 Å². The first-order valence-electron chi connectivity index (χ1n) is 5.72. The molecule has 1 amide bonds. The van der Waals surface area contributed by atoms with E-state index < -0.39 is 17.4 Å². The Morgan fingerprint density at radius 1 is 1.39 bits per heavy atom. The summed E-state index contributed by atoms with van der Waals surface area (Å²) >= 11 is 0. The summed E-state index contributed by atoms with van der Waals surface area (Å²) in [5, 5.41) is 12.2. The van der Waals surface area contributed by atoms with E-state index in [1.165, 1.54) is 12.3 Å². The predicted octanol–water partition coefficient (Wildman–Crippen LogP) is 1.24. The molecule has 1 aromatic heterocycles. The minimum Gasteiger partial charge on any atom is -0.480 e. The van der Waals surface area contributed by atoms with Crippen molar-refractivity contribution in [3.05, 3.63) is 23.9 Å². The van der Waals surface area contributed by atoms with Crippen LogP contribution in [0.3, 0.4) is 0 Å². The average molecular weight is 251 g/mol. The molecule has 0 radical (unpaired) electrons. The first-order chi connectivity index (χ1) is 8.45. The van der Waals surface area contributed by atoms with Crippen molar-refractivity contribution in [2.24, 2.45) is 5.73 Å². The van der Waals surface area contributed by atoms with Crippen LogP contribution in [-0.4, -0.2) is 27.5 Å². The summed E-state index contributed by atoms with van der Waals surface area (Å²) in [6.45, 7) is 3.59. The summed E-state index contributed by atoms with van der Waals surface area (Å²) in [7, 11) is 0. The van der Waals surface area contributed by atoms with E-state index in [1.54, 1.807) is 19.9 Å². The van der Waals surface area contributed by atoms with Gasteiger partial charge >= 0.3 is 5.97 Å². The number of carbonyl (C=O) groups is 2. The monoisotopic (exact) mass is 251 g/mol. The first-order valence-corrected chi connectivity index (χ1v) is 5.72. The van der Waals surface area contributed by atoms with E-state index in [4.69, 9.17) is 5.73 Å². The molecule has 1 heterocycles. The van der Waals surface area contributed by atoms with E-state index in [2.05, 4.69) is 10.3 Å². The zero-order valence-corrected chi connectivity index (χ0v) is 10.4. The SMILES string of the molecule is CCC(CC)(Nc1ccc(C(N)=O)cn1)C(=O)O. The molecule has 1 aromatic rings. The lowest BCUT2D eigenvalue weighted by molar-refractivity contribution is -0.142. The summed E-state index contributed by atoms with van der Waals surface area (Å²) in [6.07, 6.45) is 2.18. The molecule has 0 aliphatic carbocycles. The Morgan fingerprint density at radius 3 is 2.33 bits per heavy atom. The molecule has 0 aliphatic heterocycles. The molecule has 0 saturated heterocycles. The molecule has 0 unspecified atom stereocenters. The maximum absolute atomic E-state index is 11.3. The minimum absolute atomic E-state index is 0.287. The van der Waals surface area contributed by atoms with E-state index in [-0.39, 0.29) is 5.56 Å². The van der Waals surface area contributed by atoms with Crippen LogP contribution in [0.4, 0.5) is 5.82 Å². The zero-order chi connectivity index (χ0) is 13.8. The summed E-state index contributed by atoms with van der Waals surface area (Å²) in [5.74, 6) is -1.08. The number of carboxylic acid groups (broad SMARTS) is 1. The third-order valence-corrected chi connectivity index (χ3v) is 3.03. The Morgan fingerprint density at radius 2 is 2.00 bits per heavy atom. The molecular formula is C12H17N3O3. The molecular weight excluding hydrogens is 234 g/mol. The summed E-state index contributed by atoms with van der Waals surface area (Å²) < 4.78 is 0. The highest BCUT2D eigenvalue weighted by Gasteiger charge is 2.34. The maximum Gasteiger partial charge on any atom is 0.329 e. The van der Waals surface area contributed by atoms with Crippen LogP contribution in [0.25, 0.3) is 0 Å². The number of primary amides is 1. The molecule has 0 fully saturated rings. The highest BCUT2D eigenvalue weighted by atomic mass is 16.4. The molecule has 0 saturated carbocycles. The van der Waals surface area contributed by atoms with Crippen molar-refractivity contribution in [2.75, 3.05) is 5.32 Å². The molecule has 0 spiro atoms. The van der Waals surface area contributed by atoms with Crippen LogP contribution in [0.1, 0.15) is 37.0 Å². The van der Waals surface area contributed by atoms with Gasteiger partial charge in [-0.25, -0.2) is 9.78 Å². The summed E-state index contributed by atoms with van der Waals surface area (Å²) in [4.78, 5) is 26.2. The van der Waals surface area contributed by atoms with Gasteiger partial charge in [-0.05, 0) is 25.0 Å². The van der Waals surface area contributed by atoms with Gasteiger partial charge in [0.25, 0.3) is 0 Å². The normalized spacial score (nSPS) is 11.0. The van der Waals surface area contributed by atoms with Crippen molar-refractivity contribution in [2.45, 2.75) is 32.2 Å². The van der Waals surface area contributed by atoms with Crippen LogP contribution in [-0.2, 0) is 4.79 Å². The maximum atomic E-state index is 11.3. The fraction of sp³-hybridized carbons (Fsp3) is 0.417. The minimum atomic E-state index is -1.04. The Balaban J connectivity index is 2.95. The number of nitrogens with two attached hydrogens (primary N) is 1. The fourth-order valence-electron chi connectivity index (χ4n) is 1.64. The smallest absolute Gasteiger partial charge is 0.329 e. The quantitative estimate of drug-likeness (QED) is 0.705. The van der Waals surface area contributed by atoms with Gasteiger partial charge in [0.05, 0.1) is 5.56 Å². The molecule has 4 N–H and O–H groups in total. The predicted molar refractivity (Wildman–Crippen MR) is 67.3 cm³/mol. The van der Waals surface area contributed by atoms with Gasteiger partial charge in [0.2, 0.25) is 5.91 Å². The molecule has 0 aliphatic rings. The lowest BCUT2D eigenvalue weighted by Gasteiger charge is -2.28. The van der Waals surface area contributed by atoms with E-state index in [9.17, 15) is 14.7 Å². The van der Waals surface area contributed by atoms with E-state index in [0.717, 1.165) is 0 Å². The summed E-state index contributed by atoms with van der Waals surface area (Å²) in [6, 6.07) is 3.05. The van der Waals surface area contributed by atoms with E-state index in [1.807, 2.05) is 0 Å². The van der Waals surface area contributed by atoms with Crippen molar-refractivity contribution in [3.8, 4) is 0 Å². The number of anilines is 1. The summed E-state index contributed by atoms with van der Waals surface area (Å²) in [5.41, 5.74) is 4.34. The third-order valence-electron chi connectivity index (χ3n) is 3.03. The van der Waals surface area contributed by atoms with Crippen molar-refractivity contribution in [1.82, 2.24) is 4.98 Å². The number of aliphatic carboxylic acids is 1. The van der Waals surface area contributed by atoms with Gasteiger partial charge in [0, 0.05) is 6.20 Å². The second-order valence-corrected chi connectivity index (χ2v) is 4.02. The van der Waals surface area contributed by atoms with E-state index in [0.29, 0.717) is 18.7 Å². The molecule has 6 heteroatoms. The van der Waals surface area contributed by atoms with Crippen LogP contribution in [0.15, 0.2) is 18.3 Å². The van der Waals surface area contributed by atoms with Gasteiger partial charge in [-0.1, -0.05) is 13.8 Å². The van der Waals surface area contributed by atoms with Crippen LogP contribution < -0.4 is 11.1 Å².